The van der Waals surface area contributed by atoms with Gasteiger partial charge in [0, 0.05) is 25.3 Å². The van der Waals surface area contributed by atoms with Crippen molar-refractivity contribution in [3.05, 3.63) is 29.6 Å². The van der Waals surface area contributed by atoms with Crippen molar-refractivity contribution in [2.45, 2.75) is 25.9 Å². The second-order valence-electron chi connectivity index (χ2n) is 4.39. The Balaban J connectivity index is 0.00000128. The van der Waals surface area contributed by atoms with Crippen LogP contribution in [-0.2, 0) is 6.54 Å². The number of nitrogens with one attached hydrogen (secondary N) is 1. The van der Waals surface area contributed by atoms with Crippen LogP contribution in [0.25, 0.3) is 0 Å². The van der Waals surface area contributed by atoms with E-state index < -0.39 is 0 Å². The molecule has 0 amide bonds. The van der Waals surface area contributed by atoms with E-state index in [9.17, 15) is 0 Å². The average Bonchev–Trinajstić information content (AvgIpc) is 2.74. The van der Waals surface area contributed by atoms with Crippen LogP contribution in [0.15, 0.2) is 18.3 Å². The molecule has 0 aliphatic carbocycles. The summed E-state index contributed by atoms with van der Waals surface area (Å²) in [5, 5.41) is 3.39. The number of likely N-dealkylation sites (N-methyl/N-ethyl adjacent to an activating group) is 1. The monoisotopic (exact) mass is 241 g/mol. The lowest BCUT2D eigenvalue weighted by Crippen LogP contribution is -2.33. The molecule has 90 valence electrons. The van der Waals surface area contributed by atoms with Gasteiger partial charge in [0.2, 0.25) is 0 Å². The van der Waals surface area contributed by atoms with Crippen LogP contribution >= 0.6 is 12.4 Å². The van der Waals surface area contributed by atoms with E-state index in [1.165, 1.54) is 12.0 Å². The van der Waals surface area contributed by atoms with Gasteiger partial charge in [-0.25, -0.2) is 0 Å². The molecule has 1 unspecified atom stereocenters. The predicted molar refractivity (Wildman–Crippen MR) is 69.0 cm³/mol. The molecule has 2 heterocycles. The summed E-state index contributed by atoms with van der Waals surface area (Å²) in [7, 11) is 2.18. The summed E-state index contributed by atoms with van der Waals surface area (Å²) in [5.74, 6) is 0. The van der Waals surface area contributed by atoms with E-state index in [1.54, 1.807) is 0 Å². The fourth-order valence-corrected chi connectivity index (χ4v) is 1.99. The summed E-state index contributed by atoms with van der Waals surface area (Å²) in [6.45, 7) is 5.28. The highest BCUT2D eigenvalue weighted by Gasteiger charge is 2.19. The summed E-state index contributed by atoms with van der Waals surface area (Å²) in [6.07, 6.45) is 3.19. The Labute approximate surface area is 104 Å². The van der Waals surface area contributed by atoms with Crippen molar-refractivity contribution >= 4 is 12.4 Å². The SMILES string of the molecule is Cc1ccc(CN(C)C2CCNC2)nc1.Cl. The molecule has 0 radical (unpaired) electrons. The van der Waals surface area contributed by atoms with Gasteiger partial charge in [0.1, 0.15) is 0 Å². The summed E-state index contributed by atoms with van der Waals surface area (Å²) < 4.78 is 0. The van der Waals surface area contributed by atoms with Crippen LogP contribution in [-0.4, -0.2) is 36.1 Å². The van der Waals surface area contributed by atoms with Crippen LogP contribution < -0.4 is 5.32 Å². The Morgan fingerprint density at radius 3 is 2.88 bits per heavy atom. The van der Waals surface area contributed by atoms with E-state index in [-0.39, 0.29) is 12.4 Å². The first-order valence-electron chi connectivity index (χ1n) is 5.58. The van der Waals surface area contributed by atoms with E-state index in [2.05, 4.69) is 41.3 Å². The molecule has 1 aromatic rings. The van der Waals surface area contributed by atoms with Crippen molar-refractivity contribution in [2.24, 2.45) is 0 Å². The molecule has 1 saturated heterocycles. The molecule has 1 fully saturated rings. The Morgan fingerprint density at radius 2 is 2.31 bits per heavy atom. The smallest absolute Gasteiger partial charge is 0.0544 e. The summed E-state index contributed by atoms with van der Waals surface area (Å²) >= 11 is 0. The Bertz CT molecular complexity index is 307. The zero-order valence-corrected chi connectivity index (χ0v) is 10.8. The minimum atomic E-state index is 0. The van der Waals surface area contributed by atoms with Gasteiger partial charge in [-0.3, -0.25) is 9.88 Å². The van der Waals surface area contributed by atoms with E-state index in [0.29, 0.717) is 6.04 Å². The lowest BCUT2D eigenvalue weighted by Gasteiger charge is -2.22. The minimum Gasteiger partial charge on any atom is -0.315 e. The predicted octanol–water partition coefficient (Wildman–Crippen LogP) is 1.61. The molecule has 3 nitrogen and oxygen atoms in total. The van der Waals surface area contributed by atoms with Gasteiger partial charge in [-0.1, -0.05) is 6.07 Å². The fourth-order valence-electron chi connectivity index (χ4n) is 1.99. The zero-order chi connectivity index (χ0) is 10.7. The molecule has 1 aliphatic rings. The highest BCUT2D eigenvalue weighted by Crippen LogP contribution is 2.09. The molecular weight excluding hydrogens is 222 g/mol. The number of halogens is 1. The number of hydrogen-bond acceptors (Lipinski definition) is 3. The van der Waals surface area contributed by atoms with Crippen LogP contribution in [0, 0.1) is 6.92 Å². The maximum atomic E-state index is 4.43. The van der Waals surface area contributed by atoms with Gasteiger partial charge in [-0.15, -0.1) is 12.4 Å². The third-order valence-corrected chi connectivity index (χ3v) is 3.04. The molecule has 1 atom stereocenters. The lowest BCUT2D eigenvalue weighted by atomic mass is 10.2. The Morgan fingerprint density at radius 1 is 1.50 bits per heavy atom. The third kappa shape index (κ3) is 3.44. The van der Waals surface area contributed by atoms with Crippen molar-refractivity contribution in [1.82, 2.24) is 15.2 Å². The largest absolute Gasteiger partial charge is 0.315 e. The summed E-state index contributed by atoms with van der Waals surface area (Å²) in [4.78, 5) is 6.81. The molecule has 0 saturated carbocycles. The quantitative estimate of drug-likeness (QED) is 0.872. The van der Waals surface area contributed by atoms with Gasteiger partial charge in [-0.2, -0.15) is 0 Å². The molecule has 1 aliphatic heterocycles. The number of pyridine rings is 1. The zero-order valence-electron chi connectivity index (χ0n) is 9.94. The third-order valence-electron chi connectivity index (χ3n) is 3.04. The first-order chi connectivity index (χ1) is 7.25. The van der Waals surface area contributed by atoms with Crippen molar-refractivity contribution in [3.63, 3.8) is 0 Å². The van der Waals surface area contributed by atoms with Gasteiger partial charge in [0.25, 0.3) is 0 Å². The van der Waals surface area contributed by atoms with Crippen LogP contribution in [0.5, 0.6) is 0 Å². The molecule has 0 spiro atoms. The van der Waals surface area contributed by atoms with E-state index in [0.717, 1.165) is 25.3 Å². The number of hydrogen-bond donors (Lipinski definition) is 1. The van der Waals surface area contributed by atoms with Crippen molar-refractivity contribution in [1.29, 1.82) is 0 Å². The van der Waals surface area contributed by atoms with Crippen LogP contribution in [0.4, 0.5) is 0 Å². The first kappa shape index (κ1) is 13.4. The first-order valence-corrected chi connectivity index (χ1v) is 5.58. The van der Waals surface area contributed by atoms with Gasteiger partial charge in [-0.05, 0) is 38.6 Å². The number of rotatable bonds is 3. The van der Waals surface area contributed by atoms with Crippen molar-refractivity contribution in [3.8, 4) is 0 Å². The van der Waals surface area contributed by atoms with Crippen LogP contribution in [0.2, 0.25) is 0 Å². The molecule has 4 heteroatoms. The van der Waals surface area contributed by atoms with E-state index >= 15 is 0 Å². The van der Waals surface area contributed by atoms with E-state index in [4.69, 9.17) is 0 Å². The minimum absolute atomic E-state index is 0. The topological polar surface area (TPSA) is 28.2 Å². The molecule has 1 aromatic heterocycles. The maximum Gasteiger partial charge on any atom is 0.0544 e. The molecular formula is C12H20ClN3. The van der Waals surface area contributed by atoms with Gasteiger partial charge in [0.15, 0.2) is 0 Å². The van der Waals surface area contributed by atoms with Crippen LogP contribution in [0.1, 0.15) is 17.7 Å². The maximum absolute atomic E-state index is 4.43. The molecule has 2 rings (SSSR count). The molecule has 16 heavy (non-hydrogen) atoms. The normalized spacial score (nSPS) is 19.8. The van der Waals surface area contributed by atoms with Gasteiger partial charge in [0.05, 0.1) is 5.69 Å². The molecule has 0 bridgehead atoms. The van der Waals surface area contributed by atoms with Crippen LogP contribution in [0.3, 0.4) is 0 Å². The highest BCUT2D eigenvalue weighted by molar-refractivity contribution is 5.85. The average molecular weight is 242 g/mol. The second-order valence-corrected chi connectivity index (χ2v) is 4.39. The summed E-state index contributed by atoms with van der Waals surface area (Å²) in [6, 6.07) is 4.92. The van der Waals surface area contributed by atoms with Crippen molar-refractivity contribution < 1.29 is 0 Å². The highest BCUT2D eigenvalue weighted by atomic mass is 35.5. The molecule has 1 N–H and O–H groups in total. The summed E-state index contributed by atoms with van der Waals surface area (Å²) in [5.41, 5.74) is 2.39. The number of aromatic nitrogens is 1. The van der Waals surface area contributed by atoms with Gasteiger partial charge < -0.3 is 5.32 Å². The Hall–Kier alpha value is -0.640. The van der Waals surface area contributed by atoms with Gasteiger partial charge >= 0.3 is 0 Å². The second kappa shape index (κ2) is 6.18. The fraction of sp³-hybridized carbons (Fsp3) is 0.583. The Kier molecular flexibility index (Phi) is 5.19. The van der Waals surface area contributed by atoms with Crippen molar-refractivity contribution in [2.75, 3.05) is 20.1 Å². The number of aryl methyl sites for hydroxylation is 1. The van der Waals surface area contributed by atoms with E-state index in [1.807, 2.05) is 6.20 Å². The number of nitrogens with zero attached hydrogens (tertiary/aromatic N) is 2. The molecule has 0 aromatic carbocycles. The standard InChI is InChI=1S/C12H19N3.ClH/c1-10-3-4-11(14-7-10)9-15(2)12-5-6-13-8-12;/h3-4,7,12-13H,5-6,8-9H2,1-2H3;1H. The lowest BCUT2D eigenvalue weighted by molar-refractivity contribution is 0.246.